The van der Waals surface area contributed by atoms with Crippen LogP contribution in [-0.4, -0.2) is 22.1 Å². The number of amides is 1. The standard InChI is InChI=1S/C15H8F2N4O/c16-10-6-2-1-5-9(10)13-14(19-18)15(22)21(20-13)12-8-4-3-7-11(12)17/h1-8H. The van der Waals surface area contributed by atoms with E-state index in [2.05, 4.69) is 9.89 Å². The van der Waals surface area contributed by atoms with Gasteiger partial charge in [-0.3, -0.25) is 4.79 Å². The van der Waals surface area contributed by atoms with E-state index in [1.807, 2.05) is 0 Å². The van der Waals surface area contributed by atoms with Crippen molar-refractivity contribution >= 4 is 23.0 Å². The number of carbonyl (C=O) groups excluding carboxylic acids is 1. The molecule has 3 rings (SSSR count). The van der Waals surface area contributed by atoms with Gasteiger partial charge in [0.1, 0.15) is 17.3 Å². The zero-order chi connectivity index (χ0) is 15.7. The summed E-state index contributed by atoms with van der Waals surface area (Å²) >= 11 is 0. The Hall–Kier alpha value is -3.18. The van der Waals surface area contributed by atoms with Crippen molar-refractivity contribution < 1.29 is 18.4 Å². The Balaban J connectivity index is 2.16. The Morgan fingerprint density at radius 3 is 2.27 bits per heavy atom. The third-order valence-electron chi connectivity index (χ3n) is 3.13. The number of anilines is 1. The lowest BCUT2D eigenvalue weighted by Gasteiger charge is -2.10. The van der Waals surface area contributed by atoms with Gasteiger partial charge in [0, 0.05) is 5.56 Å². The number of hydrogen-bond donors (Lipinski definition) is 0. The molecule has 0 saturated heterocycles. The fourth-order valence-electron chi connectivity index (χ4n) is 2.11. The lowest BCUT2D eigenvalue weighted by molar-refractivity contribution is -0.115. The van der Waals surface area contributed by atoms with E-state index in [4.69, 9.17) is 5.53 Å². The smallest absolute Gasteiger partial charge is 0.360 e. The first kappa shape index (κ1) is 13.8. The molecule has 7 heteroatoms. The van der Waals surface area contributed by atoms with Crippen LogP contribution in [-0.2, 0) is 4.79 Å². The highest BCUT2D eigenvalue weighted by Gasteiger charge is 2.42. The first-order valence-electron chi connectivity index (χ1n) is 6.28. The number of nitrogens with zero attached hydrogens (tertiary/aromatic N) is 4. The highest BCUT2D eigenvalue weighted by molar-refractivity contribution is 6.72. The Labute approximate surface area is 123 Å². The minimum absolute atomic E-state index is 0.0116. The van der Waals surface area contributed by atoms with Gasteiger partial charge in [-0.15, -0.1) is 0 Å². The Morgan fingerprint density at radius 1 is 1.00 bits per heavy atom. The van der Waals surface area contributed by atoms with Crippen LogP contribution < -0.4 is 5.01 Å². The molecule has 0 atom stereocenters. The third kappa shape index (κ3) is 2.10. The summed E-state index contributed by atoms with van der Waals surface area (Å²) in [6, 6.07) is 11.1. The van der Waals surface area contributed by atoms with Gasteiger partial charge in [0.2, 0.25) is 0 Å². The summed E-state index contributed by atoms with van der Waals surface area (Å²) in [7, 11) is 0. The van der Waals surface area contributed by atoms with E-state index >= 15 is 0 Å². The van der Waals surface area contributed by atoms with Crippen molar-refractivity contribution in [2.45, 2.75) is 0 Å². The van der Waals surface area contributed by atoms with Crippen LogP contribution in [0.3, 0.4) is 0 Å². The van der Waals surface area contributed by atoms with Crippen molar-refractivity contribution in [2.24, 2.45) is 5.10 Å². The molecule has 0 unspecified atom stereocenters. The minimum atomic E-state index is -0.842. The number of hydrazone groups is 1. The summed E-state index contributed by atoms with van der Waals surface area (Å²) in [6.45, 7) is 0. The lowest BCUT2D eigenvalue weighted by Crippen LogP contribution is -2.29. The molecule has 0 bridgehead atoms. The average molecular weight is 298 g/mol. The van der Waals surface area contributed by atoms with Crippen molar-refractivity contribution in [2.75, 3.05) is 5.01 Å². The number of para-hydroxylation sites is 1. The van der Waals surface area contributed by atoms with Gasteiger partial charge in [-0.25, -0.2) is 8.78 Å². The summed E-state index contributed by atoms with van der Waals surface area (Å²) in [6.07, 6.45) is 0. The Bertz CT molecular complexity index is 856. The molecule has 5 nitrogen and oxygen atoms in total. The fraction of sp³-hybridized carbons (Fsp3) is 0. The maximum Gasteiger partial charge on any atom is 0.409 e. The molecule has 1 aliphatic rings. The number of rotatable bonds is 2. The topological polar surface area (TPSA) is 69.1 Å². The molecule has 1 amide bonds. The lowest BCUT2D eigenvalue weighted by atomic mass is 10.1. The number of halogens is 2. The van der Waals surface area contributed by atoms with Crippen LogP contribution in [0.4, 0.5) is 14.5 Å². The largest absolute Gasteiger partial charge is 0.409 e. The fourth-order valence-corrected chi connectivity index (χ4v) is 2.11. The third-order valence-corrected chi connectivity index (χ3v) is 3.13. The van der Waals surface area contributed by atoms with Crippen LogP contribution in [0.5, 0.6) is 0 Å². The Morgan fingerprint density at radius 2 is 1.64 bits per heavy atom. The first-order valence-corrected chi connectivity index (χ1v) is 6.28. The summed E-state index contributed by atoms with van der Waals surface area (Å²) < 4.78 is 27.7. The van der Waals surface area contributed by atoms with E-state index in [0.29, 0.717) is 0 Å². The molecule has 2 aromatic carbocycles. The molecular formula is C15H8F2N4O. The predicted octanol–water partition coefficient (Wildman–Crippen LogP) is 2.39. The van der Waals surface area contributed by atoms with E-state index in [-0.39, 0.29) is 17.0 Å². The van der Waals surface area contributed by atoms with Crippen LogP contribution in [0, 0.1) is 11.6 Å². The van der Waals surface area contributed by atoms with Crippen molar-refractivity contribution in [1.29, 1.82) is 0 Å². The highest BCUT2D eigenvalue weighted by Crippen LogP contribution is 2.24. The van der Waals surface area contributed by atoms with Crippen LogP contribution in [0.25, 0.3) is 5.53 Å². The number of hydrogen-bond acceptors (Lipinski definition) is 2. The summed E-state index contributed by atoms with van der Waals surface area (Å²) in [5, 5.41) is 4.66. The van der Waals surface area contributed by atoms with E-state index in [1.165, 1.54) is 36.4 Å². The van der Waals surface area contributed by atoms with Crippen molar-refractivity contribution in [3.63, 3.8) is 0 Å². The molecule has 0 saturated carbocycles. The van der Waals surface area contributed by atoms with Gasteiger partial charge < -0.3 is 5.53 Å². The van der Waals surface area contributed by atoms with E-state index in [0.717, 1.165) is 11.1 Å². The van der Waals surface area contributed by atoms with Gasteiger partial charge in [0.05, 0.1) is 0 Å². The quantitative estimate of drug-likeness (QED) is 0.620. The zero-order valence-electron chi connectivity index (χ0n) is 11.1. The molecule has 22 heavy (non-hydrogen) atoms. The molecule has 0 radical (unpaired) electrons. The molecule has 0 aliphatic carbocycles. The molecule has 2 aromatic rings. The van der Waals surface area contributed by atoms with Crippen molar-refractivity contribution in [3.8, 4) is 0 Å². The minimum Gasteiger partial charge on any atom is -0.360 e. The van der Waals surface area contributed by atoms with Gasteiger partial charge >= 0.3 is 11.6 Å². The normalized spacial score (nSPS) is 14.1. The highest BCUT2D eigenvalue weighted by atomic mass is 19.1. The van der Waals surface area contributed by atoms with Gasteiger partial charge in [-0.05, 0) is 24.3 Å². The predicted molar refractivity (Wildman–Crippen MR) is 75.4 cm³/mol. The summed E-state index contributed by atoms with van der Waals surface area (Å²) in [5.41, 5.74) is 8.30. The average Bonchev–Trinajstić information content (AvgIpc) is 2.85. The van der Waals surface area contributed by atoms with Crippen molar-refractivity contribution in [1.82, 2.24) is 0 Å². The Kier molecular flexibility index (Phi) is 3.33. The monoisotopic (exact) mass is 298 g/mol. The number of carbonyl (C=O) groups is 1. The summed E-state index contributed by atoms with van der Waals surface area (Å²) in [4.78, 5) is 15.1. The van der Waals surface area contributed by atoms with Gasteiger partial charge in [-0.2, -0.15) is 14.9 Å². The maximum atomic E-state index is 13.9. The van der Waals surface area contributed by atoms with Gasteiger partial charge in [-0.1, -0.05) is 24.3 Å². The molecule has 108 valence electrons. The second kappa shape index (κ2) is 5.31. The van der Waals surface area contributed by atoms with Crippen LogP contribution >= 0.6 is 0 Å². The van der Waals surface area contributed by atoms with Crippen LogP contribution in [0.1, 0.15) is 5.56 Å². The maximum absolute atomic E-state index is 13.9. The molecule has 1 aliphatic heterocycles. The van der Waals surface area contributed by atoms with E-state index in [9.17, 15) is 13.6 Å². The second-order valence-electron chi connectivity index (χ2n) is 4.45. The molecule has 0 fully saturated rings. The zero-order valence-corrected chi connectivity index (χ0v) is 11.1. The molecule has 1 heterocycles. The molecule has 0 aromatic heterocycles. The number of benzene rings is 2. The van der Waals surface area contributed by atoms with Crippen LogP contribution in [0.2, 0.25) is 0 Å². The molecular weight excluding hydrogens is 290 g/mol. The van der Waals surface area contributed by atoms with Gasteiger partial charge in [0.25, 0.3) is 0 Å². The second-order valence-corrected chi connectivity index (χ2v) is 4.45. The van der Waals surface area contributed by atoms with E-state index < -0.39 is 23.3 Å². The molecule has 0 N–H and O–H groups in total. The van der Waals surface area contributed by atoms with Gasteiger partial charge in [0.15, 0.2) is 5.71 Å². The SMILES string of the molecule is [N-]=[N+]=C1C(=O)N(c2ccccc2F)N=C1c1ccccc1F. The van der Waals surface area contributed by atoms with Crippen LogP contribution in [0.15, 0.2) is 53.6 Å². The van der Waals surface area contributed by atoms with E-state index in [1.54, 1.807) is 6.07 Å². The first-order chi connectivity index (χ1) is 10.6. The van der Waals surface area contributed by atoms with Crippen molar-refractivity contribution in [3.05, 3.63) is 71.3 Å². The molecule has 0 spiro atoms. The summed E-state index contributed by atoms with van der Waals surface area (Å²) in [5.74, 6) is -2.15.